The van der Waals surface area contributed by atoms with Crippen LogP contribution in [0, 0.1) is 0 Å². The van der Waals surface area contributed by atoms with Crippen LogP contribution in [0.1, 0.15) is 0 Å². The Morgan fingerprint density at radius 2 is 1.50 bits per heavy atom. The zero-order valence-corrected chi connectivity index (χ0v) is 21.4. The van der Waals surface area contributed by atoms with E-state index in [-0.39, 0.29) is 17.8 Å². The van der Waals surface area contributed by atoms with Gasteiger partial charge in [-0.05, 0) is 18.2 Å². The normalized spacial score (nSPS) is 31.7. The summed E-state index contributed by atoms with van der Waals surface area (Å²) < 4.78 is 27.5. The van der Waals surface area contributed by atoms with Gasteiger partial charge in [0.1, 0.15) is 65.2 Å². The highest BCUT2D eigenvalue weighted by molar-refractivity contribution is 5.88. The van der Waals surface area contributed by atoms with Crippen molar-refractivity contribution in [3.05, 3.63) is 40.6 Å². The Morgan fingerprint density at radius 1 is 0.786 bits per heavy atom. The van der Waals surface area contributed by atoms with E-state index in [2.05, 4.69) is 0 Å². The number of phenols is 4. The van der Waals surface area contributed by atoms with E-state index in [0.717, 1.165) is 24.3 Å². The first-order chi connectivity index (χ1) is 19.9. The van der Waals surface area contributed by atoms with Crippen molar-refractivity contribution in [1.82, 2.24) is 0 Å². The summed E-state index contributed by atoms with van der Waals surface area (Å²) in [7, 11) is 0. The lowest BCUT2D eigenvalue weighted by Gasteiger charge is -2.41. The van der Waals surface area contributed by atoms with E-state index in [4.69, 9.17) is 23.4 Å². The number of rotatable bonds is 6. The van der Waals surface area contributed by atoms with Crippen molar-refractivity contribution in [2.24, 2.45) is 0 Å². The standard InChI is InChI=1S/C26H28O16/c27-9-4-12(30)16-14(5-9)40-23(8-1-2-10(28)11(29)3-8)24(19(16)34)42-26-22(37)20(35)18(33)15(41-26)7-39-25-21(36)17(32)13(31)6-38-25/h1-5,13,15,17-18,20-22,25-33,35-37H,6-7H2/t13-,15-,17-,18-,20+,21+,22-,25+,26-/m0/s1. The highest BCUT2D eigenvalue weighted by Crippen LogP contribution is 2.39. The molecule has 0 radical (unpaired) electrons. The molecule has 1 aromatic heterocycles. The molecule has 16 heteroatoms. The molecule has 16 nitrogen and oxygen atoms in total. The van der Waals surface area contributed by atoms with Crippen molar-refractivity contribution >= 4 is 11.0 Å². The van der Waals surface area contributed by atoms with Crippen LogP contribution in [0.3, 0.4) is 0 Å². The Kier molecular flexibility index (Phi) is 8.17. The average Bonchev–Trinajstić information content (AvgIpc) is 2.94. The number of aliphatic hydroxyl groups excluding tert-OH is 6. The highest BCUT2D eigenvalue weighted by atomic mass is 16.7. The first-order valence-corrected chi connectivity index (χ1v) is 12.6. The molecule has 10 N–H and O–H groups in total. The molecular formula is C26H28O16. The Balaban J connectivity index is 1.48. The molecule has 2 saturated heterocycles. The predicted molar refractivity (Wildman–Crippen MR) is 136 cm³/mol. The van der Waals surface area contributed by atoms with Gasteiger partial charge in [-0.3, -0.25) is 4.79 Å². The molecule has 0 spiro atoms. The van der Waals surface area contributed by atoms with Crippen molar-refractivity contribution in [2.45, 2.75) is 55.3 Å². The van der Waals surface area contributed by atoms with Crippen LogP contribution in [0.15, 0.2) is 39.5 Å². The number of aliphatic hydroxyl groups is 6. The first-order valence-electron chi connectivity index (χ1n) is 12.6. The quantitative estimate of drug-likeness (QED) is 0.137. The van der Waals surface area contributed by atoms with Gasteiger partial charge in [0.25, 0.3) is 0 Å². The van der Waals surface area contributed by atoms with Crippen LogP contribution in [-0.2, 0) is 14.2 Å². The average molecular weight is 596 g/mol. The number of aromatic hydroxyl groups is 4. The van der Waals surface area contributed by atoms with E-state index >= 15 is 0 Å². The van der Waals surface area contributed by atoms with Crippen LogP contribution in [-0.4, -0.2) is 120 Å². The van der Waals surface area contributed by atoms with E-state index in [1.165, 1.54) is 6.07 Å². The predicted octanol–water partition coefficient (Wildman–Crippen LogP) is -2.08. The van der Waals surface area contributed by atoms with E-state index < -0.39 is 107 Å². The lowest BCUT2D eigenvalue weighted by Crippen LogP contribution is -2.61. The summed E-state index contributed by atoms with van der Waals surface area (Å²) in [5.41, 5.74) is -1.35. The van der Waals surface area contributed by atoms with Gasteiger partial charge in [0.15, 0.2) is 23.5 Å². The third kappa shape index (κ3) is 5.42. The summed E-state index contributed by atoms with van der Waals surface area (Å²) in [5, 5.41) is 101. The zero-order valence-electron chi connectivity index (χ0n) is 21.4. The second kappa shape index (κ2) is 11.5. The molecule has 42 heavy (non-hydrogen) atoms. The molecule has 228 valence electrons. The number of hydrogen-bond acceptors (Lipinski definition) is 16. The molecule has 0 amide bonds. The third-order valence-corrected chi connectivity index (χ3v) is 6.94. The fraction of sp³-hybridized carbons (Fsp3) is 0.423. The fourth-order valence-corrected chi connectivity index (χ4v) is 4.61. The highest BCUT2D eigenvalue weighted by Gasteiger charge is 2.47. The largest absolute Gasteiger partial charge is 0.508 e. The summed E-state index contributed by atoms with van der Waals surface area (Å²) in [6.45, 7) is -0.970. The molecule has 3 heterocycles. The van der Waals surface area contributed by atoms with Gasteiger partial charge in [-0.2, -0.15) is 0 Å². The number of hydrogen-bond donors (Lipinski definition) is 10. The van der Waals surface area contributed by atoms with Crippen LogP contribution in [0.4, 0.5) is 0 Å². The van der Waals surface area contributed by atoms with Gasteiger partial charge in [0, 0.05) is 17.7 Å². The van der Waals surface area contributed by atoms with Crippen LogP contribution in [0.25, 0.3) is 22.3 Å². The van der Waals surface area contributed by atoms with Crippen molar-refractivity contribution in [1.29, 1.82) is 0 Å². The van der Waals surface area contributed by atoms with Gasteiger partial charge in [-0.25, -0.2) is 0 Å². The molecule has 0 bridgehead atoms. The molecule has 2 fully saturated rings. The van der Waals surface area contributed by atoms with Gasteiger partial charge in [-0.1, -0.05) is 0 Å². The zero-order chi connectivity index (χ0) is 30.5. The SMILES string of the molecule is O=c1c(O[C@@H]2O[C@@H](CO[C@H]3OC[C@H](O)[C@H](O)[C@H]3O)[C@H](O)[C@@H](O)[C@@H]2O)c(-c2ccc(O)c(O)c2)oc2cc(O)cc(O)c12. The summed E-state index contributed by atoms with van der Waals surface area (Å²) in [5.74, 6) is -3.33. The van der Waals surface area contributed by atoms with E-state index in [1.54, 1.807) is 0 Å². The number of fused-ring (bicyclic) bond motifs is 1. The second-order valence-electron chi connectivity index (χ2n) is 9.85. The Morgan fingerprint density at radius 3 is 2.21 bits per heavy atom. The number of phenolic OH excluding ortho intramolecular Hbond substituents is 4. The summed E-state index contributed by atoms with van der Waals surface area (Å²) >= 11 is 0. The topological polar surface area (TPSA) is 269 Å². The molecule has 9 atom stereocenters. The molecular weight excluding hydrogens is 568 g/mol. The van der Waals surface area contributed by atoms with E-state index in [9.17, 15) is 55.9 Å². The van der Waals surface area contributed by atoms with Crippen molar-refractivity contribution in [2.75, 3.05) is 13.2 Å². The summed E-state index contributed by atoms with van der Waals surface area (Å²) in [4.78, 5) is 13.5. The summed E-state index contributed by atoms with van der Waals surface area (Å²) in [6, 6.07) is 5.23. The lowest BCUT2D eigenvalue weighted by atomic mass is 9.99. The van der Waals surface area contributed by atoms with Crippen LogP contribution < -0.4 is 10.2 Å². The van der Waals surface area contributed by atoms with Gasteiger partial charge in [-0.15, -0.1) is 0 Å². The number of ether oxygens (including phenoxy) is 4. The molecule has 0 aliphatic carbocycles. The minimum atomic E-state index is -1.96. The van der Waals surface area contributed by atoms with Crippen molar-refractivity contribution in [3.63, 3.8) is 0 Å². The molecule has 2 aromatic carbocycles. The van der Waals surface area contributed by atoms with E-state index in [0.29, 0.717) is 0 Å². The maximum absolute atomic E-state index is 13.5. The first kappa shape index (κ1) is 29.8. The maximum atomic E-state index is 13.5. The molecule has 2 aliphatic heterocycles. The third-order valence-electron chi connectivity index (χ3n) is 6.94. The minimum absolute atomic E-state index is 0.0305. The molecule has 5 rings (SSSR count). The van der Waals surface area contributed by atoms with Crippen LogP contribution in [0.2, 0.25) is 0 Å². The van der Waals surface area contributed by atoms with Crippen LogP contribution in [0.5, 0.6) is 28.7 Å². The Labute approximate surface area is 235 Å². The summed E-state index contributed by atoms with van der Waals surface area (Å²) in [6.07, 6.45) is -15.1. The minimum Gasteiger partial charge on any atom is -0.508 e. The van der Waals surface area contributed by atoms with Gasteiger partial charge in [0.05, 0.1) is 13.2 Å². The molecule has 3 aromatic rings. The fourth-order valence-electron chi connectivity index (χ4n) is 4.61. The van der Waals surface area contributed by atoms with E-state index in [1.807, 2.05) is 0 Å². The maximum Gasteiger partial charge on any atom is 0.239 e. The van der Waals surface area contributed by atoms with Crippen LogP contribution >= 0.6 is 0 Å². The van der Waals surface area contributed by atoms with Crippen molar-refractivity contribution in [3.8, 4) is 40.1 Å². The van der Waals surface area contributed by atoms with Gasteiger partial charge < -0.3 is 74.4 Å². The van der Waals surface area contributed by atoms with Gasteiger partial charge >= 0.3 is 0 Å². The second-order valence-corrected chi connectivity index (χ2v) is 9.85. The number of benzene rings is 2. The smallest absolute Gasteiger partial charge is 0.239 e. The van der Waals surface area contributed by atoms with Gasteiger partial charge in [0.2, 0.25) is 17.5 Å². The Hall–Kier alpha value is -3.71. The lowest BCUT2D eigenvalue weighted by molar-refractivity contribution is -0.307. The molecule has 2 aliphatic rings. The van der Waals surface area contributed by atoms with Crippen molar-refractivity contribution < 1.29 is 74.4 Å². The molecule has 0 saturated carbocycles. The monoisotopic (exact) mass is 596 g/mol. The molecule has 0 unspecified atom stereocenters. The Bertz CT molecular complexity index is 1510.